The van der Waals surface area contributed by atoms with Gasteiger partial charge in [-0.05, 0) is 6.92 Å². The third-order valence-electron chi connectivity index (χ3n) is 2.39. The zero-order valence-electron chi connectivity index (χ0n) is 9.66. The summed E-state index contributed by atoms with van der Waals surface area (Å²) in [4.78, 5) is 10.7. The van der Waals surface area contributed by atoms with E-state index < -0.39 is 22.1 Å². The minimum Gasteiger partial charge on any atom is -0.479 e. The Balaban J connectivity index is 2.55. The highest BCUT2D eigenvalue weighted by Gasteiger charge is 2.32. The van der Waals surface area contributed by atoms with Gasteiger partial charge in [-0.25, -0.2) is 13.2 Å². The monoisotopic (exact) mass is 267 g/mol. The van der Waals surface area contributed by atoms with E-state index in [0.29, 0.717) is 6.61 Å². The van der Waals surface area contributed by atoms with Crippen LogP contribution in [0.5, 0.6) is 0 Å². The molecule has 0 bridgehead atoms. The summed E-state index contributed by atoms with van der Waals surface area (Å²) in [6.45, 7) is 2.51. The van der Waals surface area contributed by atoms with Gasteiger partial charge < -0.3 is 14.6 Å². The number of nitrogens with zero attached hydrogens (tertiary/aromatic N) is 1. The lowest BCUT2D eigenvalue weighted by molar-refractivity contribution is -0.153. The third-order valence-corrected chi connectivity index (χ3v) is 4.19. The van der Waals surface area contributed by atoms with Gasteiger partial charge in [0, 0.05) is 13.2 Å². The molecular formula is C9H17NO6S. The molecule has 0 spiro atoms. The molecule has 1 aliphatic rings. The fraction of sp³-hybridized carbons (Fsp3) is 0.889. The average Bonchev–Trinajstić information content (AvgIpc) is 2.29. The zero-order chi connectivity index (χ0) is 12.9. The van der Waals surface area contributed by atoms with Gasteiger partial charge in [0.15, 0.2) is 6.10 Å². The van der Waals surface area contributed by atoms with Crippen LogP contribution in [0.4, 0.5) is 0 Å². The summed E-state index contributed by atoms with van der Waals surface area (Å²) < 4.78 is 34.7. The van der Waals surface area contributed by atoms with Crippen molar-refractivity contribution in [3.8, 4) is 0 Å². The summed E-state index contributed by atoms with van der Waals surface area (Å²) >= 11 is 0. The van der Waals surface area contributed by atoms with E-state index in [4.69, 9.17) is 14.6 Å². The molecule has 8 heteroatoms. The molecule has 0 saturated carbocycles. The molecular weight excluding hydrogens is 250 g/mol. The lowest BCUT2D eigenvalue weighted by Crippen LogP contribution is -2.49. The molecule has 0 radical (unpaired) electrons. The van der Waals surface area contributed by atoms with Crippen LogP contribution >= 0.6 is 0 Å². The van der Waals surface area contributed by atoms with Gasteiger partial charge in [0.1, 0.15) is 0 Å². The maximum absolute atomic E-state index is 11.8. The van der Waals surface area contributed by atoms with Crippen LogP contribution in [0.2, 0.25) is 0 Å². The summed E-state index contributed by atoms with van der Waals surface area (Å²) in [5, 5.41) is 8.76. The van der Waals surface area contributed by atoms with Crippen LogP contribution in [0, 0.1) is 0 Å². The van der Waals surface area contributed by atoms with Crippen molar-refractivity contribution in [2.45, 2.75) is 13.0 Å². The number of sulfonamides is 1. The largest absolute Gasteiger partial charge is 0.479 e. The van der Waals surface area contributed by atoms with Gasteiger partial charge in [-0.3, -0.25) is 0 Å². The molecule has 1 heterocycles. The maximum atomic E-state index is 11.8. The average molecular weight is 267 g/mol. The van der Waals surface area contributed by atoms with Crippen LogP contribution in [0.3, 0.4) is 0 Å². The van der Waals surface area contributed by atoms with Gasteiger partial charge in [-0.1, -0.05) is 0 Å². The van der Waals surface area contributed by atoms with Gasteiger partial charge in [0.05, 0.1) is 25.5 Å². The molecule has 1 atom stereocenters. The number of carboxylic acid groups (broad SMARTS) is 1. The first kappa shape index (κ1) is 14.4. The fourth-order valence-corrected chi connectivity index (χ4v) is 2.77. The van der Waals surface area contributed by atoms with Crippen molar-refractivity contribution in [2.24, 2.45) is 0 Å². The van der Waals surface area contributed by atoms with E-state index in [9.17, 15) is 13.2 Å². The van der Waals surface area contributed by atoms with Crippen LogP contribution in [0.15, 0.2) is 0 Å². The van der Waals surface area contributed by atoms with Crippen LogP contribution in [0.25, 0.3) is 0 Å². The number of ether oxygens (including phenoxy) is 2. The quantitative estimate of drug-likeness (QED) is 0.629. The number of carboxylic acids is 1. The van der Waals surface area contributed by atoms with E-state index in [1.165, 1.54) is 0 Å². The highest BCUT2D eigenvalue weighted by atomic mass is 32.2. The molecule has 1 fully saturated rings. The molecule has 1 N–H and O–H groups in total. The van der Waals surface area contributed by atoms with Gasteiger partial charge in [0.25, 0.3) is 0 Å². The van der Waals surface area contributed by atoms with Crippen molar-refractivity contribution in [2.75, 3.05) is 38.7 Å². The first-order valence-electron chi connectivity index (χ1n) is 5.37. The molecule has 1 aliphatic heterocycles. The number of carbonyl (C=O) groups is 1. The van der Waals surface area contributed by atoms with E-state index in [0.717, 1.165) is 4.31 Å². The van der Waals surface area contributed by atoms with Gasteiger partial charge in [0.2, 0.25) is 10.0 Å². The van der Waals surface area contributed by atoms with E-state index >= 15 is 0 Å². The van der Waals surface area contributed by atoms with Crippen LogP contribution in [0.1, 0.15) is 6.92 Å². The summed E-state index contributed by atoms with van der Waals surface area (Å²) in [6, 6.07) is 0. The lowest BCUT2D eigenvalue weighted by atomic mass is 10.3. The van der Waals surface area contributed by atoms with Crippen molar-refractivity contribution in [1.82, 2.24) is 4.31 Å². The molecule has 1 saturated heterocycles. The highest BCUT2D eigenvalue weighted by molar-refractivity contribution is 7.89. The minimum atomic E-state index is -3.46. The summed E-state index contributed by atoms with van der Waals surface area (Å²) in [5.41, 5.74) is 0. The molecule has 0 aromatic heterocycles. The number of hydrogen-bond acceptors (Lipinski definition) is 5. The third kappa shape index (κ3) is 4.23. The Labute approximate surface area is 100 Å². The molecule has 0 aliphatic carbocycles. The first-order chi connectivity index (χ1) is 7.97. The molecule has 0 aromatic rings. The topological polar surface area (TPSA) is 93.1 Å². The number of rotatable bonds is 6. The summed E-state index contributed by atoms with van der Waals surface area (Å²) in [5.74, 6) is -1.28. The first-order valence-corrected chi connectivity index (χ1v) is 6.98. The highest BCUT2D eigenvalue weighted by Crippen LogP contribution is 2.10. The predicted octanol–water partition coefficient (Wildman–Crippen LogP) is -0.862. The number of hydrogen-bond donors (Lipinski definition) is 1. The Kier molecular flexibility index (Phi) is 5.31. The van der Waals surface area contributed by atoms with E-state index in [-0.39, 0.29) is 32.1 Å². The van der Waals surface area contributed by atoms with Crippen LogP contribution in [-0.2, 0) is 24.3 Å². The molecule has 100 valence electrons. The Hall–Kier alpha value is -0.700. The Morgan fingerprint density at radius 1 is 1.59 bits per heavy atom. The second-order valence-electron chi connectivity index (χ2n) is 3.57. The Bertz CT molecular complexity index is 354. The minimum absolute atomic E-state index is 0.102. The lowest BCUT2D eigenvalue weighted by Gasteiger charge is -2.29. The van der Waals surface area contributed by atoms with Gasteiger partial charge >= 0.3 is 5.97 Å². The van der Waals surface area contributed by atoms with Crippen molar-refractivity contribution in [1.29, 1.82) is 0 Å². The molecule has 1 unspecified atom stereocenters. The second-order valence-corrected chi connectivity index (χ2v) is 5.66. The molecule has 7 nitrogen and oxygen atoms in total. The molecule has 0 amide bonds. The van der Waals surface area contributed by atoms with Crippen LogP contribution < -0.4 is 0 Å². The van der Waals surface area contributed by atoms with Gasteiger partial charge in [-0.15, -0.1) is 0 Å². The fourth-order valence-electron chi connectivity index (χ4n) is 1.47. The van der Waals surface area contributed by atoms with Crippen molar-refractivity contribution in [3.05, 3.63) is 0 Å². The van der Waals surface area contributed by atoms with E-state index in [1.54, 1.807) is 6.92 Å². The van der Waals surface area contributed by atoms with Gasteiger partial charge in [-0.2, -0.15) is 4.31 Å². The normalized spacial score (nSPS) is 22.5. The Morgan fingerprint density at radius 3 is 2.88 bits per heavy atom. The number of morpholine rings is 1. The van der Waals surface area contributed by atoms with Crippen molar-refractivity contribution in [3.63, 3.8) is 0 Å². The maximum Gasteiger partial charge on any atom is 0.334 e. The second kappa shape index (κ2) is 6.29. The van der Waals surface area contributed by atoms with Crippen molar-refractivity contribution < 1.29 is 27.8 Å². The molecule has 1 rings (SSSR count). The van der Waals surface area contributed by atoms with E-state index in [1.807, 2.05) is 0 Å². The standard InChI is InChI=1S/C9H17NO6S/c1-2-15-5-6-17(13,14)10-3-4-16-8(7-10)9(11)12/h8H,2-7H2,1H3,(H,11,12). The summed E-state index contributed by atoms with van der Waals surface area (Å²) in [7, 11) is -3.46. The smallest absolute Gasteiger partial charge is 0.334 e. The van der Waals surface area contributed by atoms with Crippen LogP contribution in [-0.4, -0.2) is 68.6 Å². The molecule has 0 aromatic carbocycles. The summed E-state index contributed by atoms with van der Waals surface area (Å²) in [6.07, 6.45) is -1.08. The zero-order valence-corrected chi connectivity index (χ0v) is 10.5. The predicted molar refractivity (Wildman–Crippen MR) is 59.2 cm³/mol. The van der Waals surface area contributed by atoms with E-state index in [2.05, 4.69) is 0 Å². The number of aliphatic carboxylic acids is 1. The van der Waals surface area contributed by atoms with Crippen molar-refractivity contribution >= 4 is 16.0 Å². The Morgan fingerprint density at radius 2 is 2.29 bits per heavy atom. The SMILES string of the molecule is CCOCCS(=O)(=O)N1CCOC(C(=O)O)C1. The molecule has 17 heavy (non-hydrogen) atoms.